The Kier molecular flexibility index (Phi) is 4.77. The highest BCUT2D eigenvalue weighted by molar-refractivity contribution is 8.00. The molecule has 0 bridgehead atoms. The summed E-state index contributed by atoms with van der Waals surface area (Å²) < 4.78 is 4.71. The van der Waals surface area contributed by atoms with Crippen molar-refractivity contribution >= 4 is 17.7 Å². The number of carbonyl (C=O) groups is 1. The average Bonchev–Trinajstić information content (AvgIpc) is 2.17. The van der Waals surface area contributed by atoms with Crippen molar-refractivity contribution in [1.82, 2.24) is 0 Å². The fourth-order valence-corrected chi connectivity index (χ4v) is 2.29. The monoisotopic (exact) mass is 198 g/mol. The molecule has 1 fully saturated rings. The third-order valence-electron chi connectivity index (χ3n) is 1.79. The van der Waals surface area contributed by atoms with Crippen LogP contribution in [-0.2, 0) is 9.53 Å². The van der Waals surface area contributed by atoms with Crippen molar-refractivity contribution in [3.8, 4) is 11.8 Å². The number of hydrogen-bond acceptors (Lipinski definition) is 3. The van der Waals surface area contributed by atoms with E-state index in [1.165, 1.54) is 18.6 Å². The average molecular weight is 198 g/mol. The van der Waals surface area contributed by atoms with Gasteiger partial charge in [-0.3, -0.25) is 0 Å². The Morgan fingerprint density at radius 3 is 3.08 bits per heavy atom. The minimum absolute atomic E-state index is 0.346. The van der Waals surface area contributed by atoms with Crippen molar-refractivity contribution in [1.29, 1.82) is 0 Å². The molecule has 0 saturated carbocycles. The molecule has 1 heterocycles. The van der Waals surface area contributed by atoms with Crippen LogP contribution in [0.3, 0.4) is 0 Å². The molecule has 1 atom stereocenters. The standard InChI is InChI=1S/C10H14O2S/c1-2-12-10(11)7-6-9-5-3-4-8-13-9/h9H,2-5,8H2,1H3. The highest BCUT2D eigenvalue weighted by Crippen LogP contribution is 2.23. The molecular formula is C10H14O2S. The molecule has 0 aromatic heterocycles. The number of esters is 1. The van der Waals surface area contributed by atoms with Crippen LogP contribution in [0.1, 0.15) is 26.2 Å². The van der Waals surface area contributed by atoms with Crippen LogP contribution in [0.25, 0.3) is 0 Å². The molecule has 1 rings (SSSR count). The van der Waals surface area contributed by atoms with E-state index in [4.69, 9.17) is 4.74 Å². The Bertz CT molecular complexity index is 221. The normalized spacial score (nSPS) is 21.5. The number of carbonyl (C=O) groups excluding carboxylic acids is 1. The predicted octanol–water partition coefficient (Wildman–Crippen LogP) is 1.84. The first-order chi connectivity index (χ1) is 6.33. The third kappa shape index (κ3) is 4.23. The fourth-order valence-electron chi connectivity index (χ4n) is 1.16. The summed E-state index contributed by atoms with van der Waals surface area (Å²) in [7, 11) is 0. The Balaban J connectivity index is 2.31. The van der Waals surface area contributed by atoms with Gasteiger partial charge in [-0.25, -0.2) is 4.79 Å². The van der Waals surface area contributed by atoms with E-state index in [-0.39, 0.29) is 0 Å². The van der Waals surface area contributed by atoms with Crippen LogP contribution in [0, 0.1) is 11.8 Å². The van der Waals surface area contributed by atoms with Gasteiger partial charge in [-0.1, -0.05) is 12.3 Å². The molecular weight excluding hydrogens is 184 g/mol. The molecule has 1 aliphatic rings. The second-order valence-corrected chi connectivity index (χ2v) is 4.16. The highest BCUT2D eigenvalue weighted by Gasteiger charge is 2.10. The van der Waals surface area contributed by atoms with E-state index in [0.29, 0.717) is 11.9 Å². The summed E-state index contributed by atoms with van der Waals surface area (Å²) in [5.74, 6) is 6.24. The lowest BCUT2D eigenvalue weighted by Crippen LogP contribution is -2.08. The molecule has 2 nitrogen and oxygen atoms in total. The maximum Gasteiger partial charge on any atom is 0.384 e. The van der Waals surface area contributed by atoms with Crippen LogP contribution in [-0.4, -0.2) is 23.6 Å². The lowest BCUT2D eigenvalue weighted by molar-refractivity contribution is -0.136. The molecule has 13 heavy (non-hydrogen) atoms. The molecule has 0 amide bonds. The Hall–Kier alpha value is -0.620. The summed E-state index contributed by atoms with van der Waals surface area (Å²) in [6, 6.07) is 0. The molecule has 1 saturated heterocycles. The van der Waals surface area contributed by atoms with Crippen LogP contribution < -0.4 is 0 Å². The topological polar surface area (TPSA) is 26.3 Å². The van der Waals surface area contributed by atoms with Gasteiger partial charge in [0.25, 0.3) is 0 Å². The third-order valence-corrected chi connectivity index (χ3v) is 3.07. The van der Waals surface area contributed by atoms with Gasteiger partial charge in [0, 0.05) is 5.92 Å². The van der Waals surface area contributed by atoms with Gasteiger partial charge in [0.05, 0.1) is 11.9 Å². The highest BCUT2D eigenvalue weighted by atomic mass is 32.2. The Morgan fingerprint density at radius 2 is 2.46 bits per heavy atom. The first-order valence-corrected chi connectivity index (χ1v) is 5.67. The van der Waals surface area contributed by atoms with Crippen molar-refractivity contribution in [3.05, 3.63) is 0 Å². The zero-order valence-corrected chi connectivity index (χ0v) is 8.65. The molecule has 0 spiro atoms. The largest absolute Gasteiger partial charge is 0.456 e. The van der Waals surface area contributed by atoms with Gasteiger partial charge in [-0.2, -0.15) is 0 Å². The SMILES string of the molecule is CCOC(=O)C#CC1CCCCS1. The molecule has 1 aliphatic heterocycles. The minimum Gasteiger partial charge on any atom is -0.456 e. The molecule has 0 radical (unpaired) electrons. The number of ether oxygens (including phenoxy) is 1. The van der Waals surface area contributed by atoms with Crippen molar-refractivity contribution in [2.24, 2.45) is 0 Å². The van der Waals surface area contributed by atoms with Crippen molar-refractivity contribution < 1.29 is 9.53 Å². The van der Waals surface area contributed by atoms with Crippen molar-refractivity contribution in [3.63, 3.8) is 0 Å². The van der Waals surface area contributed by atoms with Gasteiger partial charge in [0.1, 0.15) is 0 Å². The maximum atomic E-state index is 10.9. The van der Waals surface area contributed by atoms with E-state index in [0.717, 1.165) is 6.42 Å². The minimum atomic E-state index is -0.395. The van der Waals surface area contributed by atoms with Crippen LogP contribution in [0.5, 0.6) is 0 Å². The smallest absolute Gasteiger partial charge is 0.384 e. The van der Waals surface area contributed by atoms with E-state index in [9.17, 15) is 4.79 Å². The molecule has 1 unspecified atom stereocenters. The molecule has 72 valence electrons. The summed E-state index contributed by atoms with van der Waals surface area (Å²) in [6.45, 7) is 2.19. The summed E-state index contributed by atoms with van der Waals surface area (Å²) >= 11 is 1.84. The summed E-state index contributed by atoms with van der Waals surface area (Å²) in [6.07, 6.45) is 3.62. The van der Waals surface area contributed by atoms with Gasteiger partial charge in [0.15, 0.2) is 0 Å². The van der Waals surface area contributed by atoms with E-state index >= 15 is 0 Å². The zero-order chi connectivity index (χ0) is 9.52. The summed E-state index contributed by atoms with van der Waals surface area (Å²) in [5.41, 5.74) is 0. The number of hydrogen-bond donors (Lipinski definition) is 0. The number of thioether (sulfide) groups is 1. The molecule has 0 N–H and O–H groups in total. The Labute approximate surface area is 83.4 Å². The van der Waals surface area contributed by atoms with Crippen LogP contribution >= 0.6 is 11.8 Å². The number of rotatable bonds is 1. The molecule has 0 aliphatic carbocycles. The molecule has 0 aromatic carbocycles. The van der Waals surface area contributed by atoms with Gasteiger partial charge >= 0.3 is 5.97 Å². The van der Waals surface area contributed by atoms with Gasteiger partial charge in [-0.15, -0.1) is 11.8 Å². The van der Waals surface area contributed by atoms with E-state index in [2.05, 4.69) is 11.8 Å². The fraction of sp³-hybridized carbons (Fsp3) is 0.700. The molecule has 0 aromatic rings. The van der Waals surface area contributed by atoms with Crippen molar-refractivity contribution in [2.45, 2.75) is 31.4 Å². The van der Waals surface area contributed by atoms with Gasteiger partial charge < -0.3 is 4.74 Å². The van der Waals surface area contributed by atoms with Gasteiger partial charge in [-0.05, 0) is 25.5 Å². The van der Waals surface area contributed by atoms with E-state index in [1.54, 1.807) is 6.92 Å². The van der Waals surface area contributed by atoms with Crippen LogP contribution in [0.4, 0.5) is 0 Å². The first-order valence-electron chi connectivity index (χ1n) is 4.63. The lowest BCUT2D eigenvalue weighted by atomic mass is 10.2. The van der Waals surface area contributed by atoms with Crippen LogP contribution in [0.15, 0.2) is 0 Å². The quantitative estimate of drug-likeness (QED) is 0.365. The second-order valence-electron chi connectivity index (χ2n) is 2.85. The lowest BCUT2D eigenvalue weighted by Gasteiger charge is -2.14. The van der Waals surface area contributed by atoms with E-state index in [1.807, 2.05) is 11.8 Å². The second kappa shape index (κ2) is 5.93. The summed E-state index contributed by atoms with van der Waals surface area (Å²) in [5, 5.41) is 0.346. The maximum absolute atomic E-state index is 10.9. The zero-order valence-electron chi connectivity index (χ0n) is 7.84. The predicted molar refractivity (Wildman–Crippen MR) is 54.5 cm³/mol. The van der Waals surface area contributed by atoms with E-state index < -0.39 is 5.97 Å². The first kappa shape index (κ1) is 10.5. The Morgan fingerprint density at radius 1 is 1.62 bits per heavy atom. The summed E-state index contributed by atoms with van der Waals surface area (Å²) in [4.78, 5) is 10.9. The van der Waals surface area contributed by atoms with Crippen LogP contribution in [0.2, 0.25) is 0 Å². The van der Waals surface area contributed by atoms with Crippen molar-refractivity contribution in [2.75, 3.05) is 12.4 Å². The van der Waals surface area contributed by atoms with Gasteiger partial charge in [0.2, 0.25) is 0 Å². The molecule has 3 heteroatoms.